The molecular formula is C17H15FO2S. The van der Waals surface area contributed by atoms with Gasteiger partial charge in [0.25, 0.3) is 0 Å². The number of ether oxygens (including phenoxy) is 1. The number of hydrogen-bond donors (Lipinski definition) is 0. The van der Waals surface area contributed by atoms with Crippen molar-refractivity contribution in [3.05, 3.63) is 65.5 Å². The lowest BCUT2D eigenvalue weighted by Crippen LogP contribution is -1.93. The molecule has 2 aromatic carbocycles. The van der Waals surface area contributed by atoms with E-state index in [1.54, 1.807) is 36.0 Å². The standard InChI is InChI=1S/C17H15FO2S/c1-20-17-10-4-12(11-15(17)18)3-9-16(19)13-5-7-14(21-2)8-6-13/h3-11H,1-2H3/b9-3+. The van der Waals surface area contributed by atoms with Gasteiger partial charge in [-0.3, -0.25) is 4.79 Å². The first-order valence-electron chi connectivity index (χ1n) is 6.34. The summed E-state index contributed by atoms with van der Waals surface area (Å²) in [7, 11) is 1.41. The molecule has 4 heteroatoms. The van der Waals surface area contributed by atoms with Crippen molar-refractivity contribution in [2.75, 3.05) is 13.4 Å². The molecule has 0 unspecified atom stereocenters. The molecule has 2 rings (SSSR count). The van der Waals surface area contributed by atoms with E-state index in [1.165, 1.54) is 25.3 Å². The van der Waals surface area contributed by atoms with Gasteiger partial charge in [-0.25, -0.2) is 4.39 Å². The number of methoxy groups -OCH3 is 1. The molecule has 0 aliphatic carbocycles. The van der Waals surface area contributed by atoms with Crippen LogP contribution in [0.1, 0.15) is 15.9 Å². The summed E-state index contributed by atoms with van der Waals surface area (Å²) >= 11 is 1.62. The third-order valence-electron chi connectivity index (χ3n) is 2.98. The van der Waals surface area contributed by atoms with Gasteiger partial charge in [0.05, 0.1) is 7.11 Å². The Kier molecular flexibility index (Phi) is 5.17. The predicted octanol–water partition coefficient (Wildman–Crippen LogP) is 4.45. The summed E-state index contributed by atoms with van der Waals surface area (Å²) in [6.07, 6.45) is 5.01. The Morgan fingerprint density at radius 2 is 1.90 bits per heavy atom. The maximum Gasteiger partial charge on any atom is 0.185 e. The molecule has 2 aromatic rings. The van der Waals surface area contributed by atoms with E-state index in [0.717, 1.165) is 4.90 Å². The fourth-order valence-corrected chi connectivity index (χ4v) is 2.22. The second-order valence-corrected chi connectivity index (χ2v) is 5.20. The highest BCUT2D eigenvalue weighted by Crippen LogP contribution is 2.19. The van der Waals surface area contributed by atoms with Gasteiger partial charge in [0.2, 0.25) is 0 Å². The van der Waals surface area contributed by atoms with Crippen LogP contribution in [-0.2, 0) is 0 Å². The van der Waals surface area contributed by atoms with Crippen LogP contribution < -0.4 is 4.74 Å². The lowest BCUT2D eigenvalue weighted by atomic mass is 10.1. The number of allylic oxidation sites excluding steroid dienone is 1. The number of carbonyl (C=O) groups excluding carboxylic acids is 1. The number of thioether (sulfide) groups is 1. The van der Waals surface area contributed by atoms with E-state index < -0.39 is 5.82 Å². The van der Waals surface area contributed by atoms with Crippen molar-refractivity contribution < 1.29 is 13.9 Å². The molecule has 0 aliphatic heterocycles. The van der Waals surface area contributed by atoms with Crippen LogP contribution in [0, 0.1) is 5.82 Å². The molecule has 0 saturated heterocycles. The van der Waals surface area contributed by atoms with E-state index in [-0.39, 0.29) is 11.5 Å². The largest absolute Gasteiger partial charge is 0.494 e. The maximum atomic E-state index is 13.5. The zero-order valence-corrected chi connectivity index (χ0v) is 12.6. The summed E-state index contributed by atoms with van der Waals surface area (Å²) in [5.41, 5.74) is 1.22. The normalized spacial score (nSPS) is 10.8. The van der Waals surface area contributed by atoms with Crippen molar-refractivity contribution in [3.8, 4) is 5.75 Å². The van der Waals surface area contributed by atoms with Gasteiger partial charge in [-0.1, -0.05) is 12.1 Å². The summed E-state index contributed by atoms with van der Waals surface area (Å²) in [4.78, 5) is 13.1. The van der Waals surface area contributed by atoms with Gasteiger partial charge in [0, 0.05) is 10.5 Å². The average molecular weight is 302 g/mol. The summed E-state index contributed by atoms with van der Waals surface area (Å²) in [6.45, 7) is 0. The van der Waals surface area contributed by atoms with Crippen LogP contribution in [0.15, 0.2) is 53.4 Å². The van der Waals surface area contributed by atoms with E-state index in [0.29, 0.717) is 11.1 Å². The molecule has 0 aliphatic rings. The molecule has 108 valence electrons. The Bertz CT molecular complexity index is 663. The van der Waals surface area contributed by atoms with Gasteiger partial charge < -0.3 is 4.74 Å². The Labute approximate surface area is 127 Å². The van der Waals surface area contributed by atoms with Crippen LogP contribution in [0.4, 0.5) is 4.39 Å². The number of ketones is 1. The smallest absolute Gasteiger partial charge is 0.185 e. The minimum atomic E-state index is -0.448. The quantitative estimate of drug-likeness (QED) is 0.463. The monoisotopic (exact) mass is 302 g/mol. The first-order chi connectivity index (χ1) is 10.1. The number of rotatable bonds is 5. The molecule has 0 aromatic heterocycles. The summed E-state index contributed by atoms with van der Waals surface area (Å²) in [5.74, 6) is -0.374. The van der Waals surface area contributed by atoms with E-state index in [1.807, 2.05) is 18.4 Å². The average Bonchev–Trinajstić information content (AvgIpc) is 2.52. The van der Waals surface area contributed by atoms with Gasteiger partial charge in [-0.05, 0) is 54.3 Å². The summed E-state index contributed by atoms with van der Waals surface area (Å²) < 4.78 is 18.4. The molecule has 0 N–H and O–H groups in total. The lowest BCUT2D eigenvalue weighted by Gasteiger charge is -2.02. The third kappa shape index (κ3) is 3.95. The number of halogens is 1. The Balaban J connectivity index is 2.12. The fraction of sp³-hybridized carbons (Fsp3) is 0.118. The topological polar surface area (TPSA) is 26.3 Å². The first-order valence-corrected chi connectivity index (χ1v) is 7.56. The van der Waals surface area contributed by atoms with Crippen molar-refractivity contribution in [1.29, 1.82) is 0 Å². The molecule has 0 atom stereocenters. The number of hydrogen-bond acceptors (Lipinski definition) is 3. The highest BCUT2D eigenvalue weighted by molar-refractivity contribution is 7.98. The zero-order valence-electron chi connectivity index (χ0n) is 11.8. The van der Waals surface area contributed by atoms with Crippen molar-refractivity contribution in [2.24, 2.45) is 0 Å². The van der Waals surface area contributed by atoms with E-state index in [2.05, 4.69) is 0 Å². The minimum Gasteiger partial charge on any atom is -0.494 e. The molecule has 0 heterocycles. The molecule has 2 nitrogen and oxygen atoms in total. The second kappa shape index (κ2) is 7.09. The Morgan fingerprint density at radius 3 is 2.48 bits per heavy atom. The second-order valence-electron chi connectivity index (χ2n) is 4.32. The van der Waals surface area contributed by atoms with Crippen LogP contribution in [0.2, 0.25) is 0 Å². The van der Waals surface area contributed by atoms with E-state index in [9.17, 15) is 9.18 Å². The number of carbonyl (C=O) groups is 1. The third-order valence-corrected chi connectivity index (χ3v) is 3.72. The van der Waals surface area contributed by atoms with Crippen LogP contribution in [0.25, 0.3) is 6.08 Å². The van der Waals surface area contributed by atoms with Gasteiger partial charge in [-0.2, -0.15) is 0 Å². The van der Waals surface area contributed by atoms with Crippen molar-refractivity contribution in [2.45, 2.75) is 4.90 Å². The molecule has 0 spiro atoms. The Hall–Kier alpha value is -2.07. The van der Waals surface area contributed by atoms with Gasteiger partial charge in [-0.15, -0.1) is 11.8 Å². The molecule has 21 heavy (non-hydrogen) atoms. The molecule has 0 saturated carbocycles. The van der Waals surface area contributed by atoms with Crippen LogP contribution in [0.3, 0.4) is 0 Å². The summed E-state index contributed by atoms with van der Waals surface area (Å²) in [6, 6.07) is 11.9. The predicted molar refractivity (Wildman–Crippen MR) is 84.5 cm³/mol. The maximum absolute atomic E-state index is 13.5. The van der Waals surface area contributed by atoms with E-state index in [4.69, 9.17) is 4.74 Å². The van der Waals surface area contributed by atoms with E-state index >= 15 is 0 Å². The molecule has 0 bridgehead atoms. The van der Waals surface area contributed by atoms with Crippen molar-refractivity contribution in [1.82, 2.24) is 0 Å². The van der Waals surface area contributed by atoms with Gasteiger partial charge in [0.1, 0.15) is 0 Å². The summed E-state index contributed by atoms with van der Waals surface area (Å²) in [5, 5.41) is 0. The highest BCUT2D eigenvalue weighted by atomic mass is 32.2. The lowest BCUT2D eigenvalue weighted by molar-refractivity contribution is 0.104. The first kappa shape index (κ1) is 15.3. The minimum absolute atomic E-state index is 0.112. The van der Waals surface area contributed by atoms with Crippen molar-refractivity contribution >= 4 is 23.6 Å². The molecular weight excluding hydrogens is 287 g/mol. The number of benzene rings is 2. The Morgan fingerprint density at radius 1 is 1.19 bits per heavy atom. The highest BCUT2D eigenvalue weighted by Gasteiger charge is 2.04. The van der Waals surface area contributed by atoms with Crippen LogP contribution in [0.5, 0.6) is 5.75 Å². The molecule has 0 fully saturated rings. The van der Waals surface area contributed by atoms with Crippen molar-refractivity contribution in [3.63, 3.8) is 0 Å². The molecule has 0 amide bonds. The van der Waals surface area contributed by atoms with Crippen LogP contribution in [-0.4, -0.2) is 19.1 Å². The zero-order chi connectivity index (χ0) is 15.2. The van der Waals surface area contributed by atoms with Gasteiger partial charge >= 0.3 is 0 Å². The fourth-order valence-electron chi connectivity index (χ4n) is 1.81. The molecule has 0 radical (unpaired) electrons. The van der Waals surface area contributed by atoms with Crippen LogP contribution >= 0.6 is 11.8 Å². The SMILES string of the molecule is COc1ccc(/C=C/C(=O)c2ccc(SC)cc2)cc1F. The van der Waals surface area contributed by atoms with Gasteiger partial charge in [0.15, 0.2) is 17.3 Å².